The zero-order valence-electron chi connectivity index (χ0n) is 17.8. The average molecular weight is 475 g/mol. The number of likely N-dealkylation sites (tertiary alicyclic amines) is 1. The molecule has 0 amide bonds. The van der Waals surface area contributed by atoms with E-state index in [-0.39, 0.29) is 29.1 Å². The van der Waals surface area contributed by atoms with Crippen LogP contribution in [-0.2, 0) is 15.8 Å². The smallest absolute Gasteiger partial charge is 0.416 e. The summed E-state index contributed by atoms with van der Waals surface area (Å²) in [5.41, 5.74) is -0.114. The highest BCUT2D eigenvalue weighted by Gasteiger charge is 2.40. The first-order valence-electron chi connectivity index (χ1n) is 10.1. The van der Waals surface area contributed by atoms with Crippen molar-refractivity contribution in [1.29, 1.82) is 0 Å². The molecule has 6 nitrogen and oxygen atoms in total. The van der Waals surface area contributed by atoms with E-state index in [4.69, 9.17) is 0 Å². The molecule has 0 spiro atoms. The Hall–Kier alpha value is -2.52. The summed E-state index contributed by atoms with van der Waals surface area (Å²) in [5.74, 6) is -3.76. The molecular weight excluding hydrogens is 449 g/mol. The second kappa shape index (κ2) is 9.95. The maximum atomic E-state index is 13.0. The lowest BCUT2D eigenvalue weighted by Crippen LogP contribution is -2.40. The maximum Gasteiger partial charge on any atom is 0.416 e. The molecule has 2 aliphatic rings. The van der Waals surface area contributed by atoms with E-state index in [1.54, 1.807) is 18.9 Å². The Kier molecular flexibility index (Phi) is 8.01. The number of hydrogen-bond acceptors (Lipinski definition) is 4. The van der Waals surface area contributed by atoms with Gasteiger partial charge in [0.2, 0.25) is 0 Å². The number of alkyl halides is 3. The highest BCUT2D eigenvalue weighted by Crippen LogP contribution is 2.42. The molecule has 10 heteroatoms. The third kappa shape index (κ3) is 5.10. The van der Waals surface area contributed by atoms with Gasteiger partial charge in [-0.1, -0.05) is 18.6 Å². The van der Waals surface area contributed by atoms with E-state index in [9.17, 15) is 33.0 Å². The molecule has 0 bridgehead atoms. The van der Waals surface area contributed by atoms with Gasteiger partial charge in [0.15, 0.2) is 0 Å². The number of carboxylic acid groups (broad SMARTS) is 2. The summed E-state index contributed by atoms with van der Waals surface area (Å²) < 4.78 is 39.0. The molecule has 1 aromatic rings. The van der Waals surface area contributed by atoms with Gasteiger partial charge in [0, 0.05) is 25.0 Å². The Bertz CT molecular complexity index is 935. The Morgan fingerprint density at radius 3 is 2.00 bits per heavy atom. The minimum atomic E-state index is -4.54. The Morgan fingerprint density at radius 2 is 1.53 bits per heavy atom. The standard InChI is InChI=1S/C22H25F3N2O4.ClH/c1-13-17(20(28)29)18(14-6-8-15(9-7-14)22(23,24)25)19(21(30)31)16(26(13)2)12-27-10-4-3-5-11-27;/h6-9,18H,3-5,10-12H2,1-2H3,(H,28,29)(H,30,31);1H. The second-order valence-corrected chi connectivity index (χ2v) is 7.92. The molecule has 176 valence electrons. The number of hydrogen-bond donors (Lipinski definition) is 2. The van der Waals surface area contributed by atoms with Crippen LogP contribution in [0.5, 0.6) is 0 Å². The maximum absolute atomic E-state index is 13.0. The van der Waals surface area contributed by atoms with Crippen LogP contribution in [0, 0.1) is 0 Å². The number of halogens is 4. The zero-order chi connectivity index (χ0) is 22.9. The summed E-state index contributed by atoms with van der Waals surface area (Å²) >= 11 is 0. The van der Waals surface area contributed by atoms with Crippen molar-refractivity contribution in [3.8, 4) is 0 Å². The fourth-order valence-corrected chi connectivity index (χ4v) is 4.33. The van der Waals surface area contributed by atoms with Crippen LogP contribution in [0.25, 0.3) is 0 Å². The molecule has 1 unspecified atom stereocenters. The van der Waals surface area contributed by atoms with Gasteiger partial charge in [-0.2, -0.15) is 13.2 Å². The van der Waals surface area contributed by atoms with E-state index in [0.717, 1.165) is 56.6 Å². The molecule has 3 rings (SSSR count). The predicted octanol–water partition coefficient (Wildman–Crippen LogP) is 4.34. The molecule has 1 saturated heterocycles. The van der Waals surface area contributed by atoms with Crippen LogP contribution in [0.1, 0.15) is 43.2 Å². The number of nitrogens with zero attached hydrogens (tertiary/aromatic N) is 2. The van der Waals surface area contributed by atoms with E-state index in [2.05, 4.69) is 4.90 Å². The predicted molar refractivity (Wildman–Crippen MR) is 114 cm³/mol. The van der Waals surface area contributed by atoms with E-state index < -0.39 is 29.6 Å². The highest BCUT2D eigenvalue weighted by molar-refractivity contribution is 5.98. The van der Waals surface area contributed by atoms with Gasteiger partial charge in [0.1, 0.15) is 0 Å². The molecular formula is C22H26ClF3N2O4. The first-order chi connectivity index (χ1) is 14.5. The van der Waals surface area contributed by atoms with Gasteiger partial charge in [-0.25, -0.2) is 9.59 Å². The van der Waals surface area contributed by atoms with Gasteiger partial charge in [0.25, 0.3) is 0 Å². The van der Waals surface area contributed by atoms with E-state index in [1.807, 2.05) is 0 Å². The topological polar surface area (TPSA) is 81.1 Å². The van der Waals surface area contributed by atoms with Crippen molar-refractivity contribution in [2.75, 3.05) is 26.7 Å². The number of aliphatic carboxylic acids is 2. The first kappa shape index (κ1) is 25.7. The van der Waals surface area contributed by atoms with E-state index in [0.29, 0.717) is 17.9 Å². The van der Waals surface area contributed by atoms with Crippen LogP contribution in [-0.4, -0.2) is 58.6 Å². The number of benzene rings is 1. The van der Waals surface area contributed by atoms with Gasteiger partial charge in [0.05, 0.1) is 22.6 Å². The van der Waals surface area contributed by atoms with Crippen molar-refractivity contribution in [2.45, 2.75) is 38.3 Å². The van der Waals surface area contributed by atoms with Crippen LogP contribution in [0.4, 0.5) is 13.2 Å². The van der Waals surface area contributed by atoms with Crippen molar-refractivity contribution in [1.82, 2.24) is 9.80 Å². The Balaban J connectivity index is 0.00000363. The summed E-state index contributed by atoms with van der Waals surface area (Å²) in [5, 5.41) is 19.9. The molecule has 1 fully saturated rings. The first-order valence-corrected chi connectivity index (χ1v) is 10.1. The number of carbonyl (C=O) groups is 2. The van der Waals surface area contributed by atoms with Gasteiger partial charge >= 0.3 is 18.1 Å². The largest absolute Gasteiger partial charge is 0.478 e. The monoisotopic (exact) mass is 474 g/mol. The van der Waals surface area contributed by atoms with Crippen LogP contribution >= 0.6 is 12.4 Å². The van der Waals surface area contributed by atoms with Crippen molar-refractivity contribution in [3.63, 3.8) is 0 Å². The van der Waals surface area contributed by atoms with Crippen molar-refractivity contribution >= 4 is 24.3 Å². The zero-order valence-corrected chi connectivity index (χ0v) is 18.6. The van der Waals surface area contributed by atoms with Gasteiger partial charge in [-0.15, -0.1) is 12.4 Å². The van der Waals surface area contributed by atoms with Crippen molar-refractivity contribution in [3.05, 3.63) is 57.9 Å². The van der Waals surface area contributed by atoms with E-state index in [1.165, 1.54) is 0 Å². The molecule has 32 heavy (non-hydrogen) atoms. The van der Waals surface area contributed by atoms with Crippen molar-refractivity contribution < 1.29 is 33.0 Å². The summed E-state index contributed by atoms with van der Waals surface area (Å²) in [6, 6.07) is 4.03. The highest BCUT2D eigenvalue weighted by atomic mass is 35.5. The number of carboxylic acids is 2. The minimum Gasteiger partial charge on any atom is -0.478 e. The quantitative estimate of drug-likeness (QED) is 0.660. The van der Waals surface area contributed by atoms with E-state index >= 15 is 0 Å². The lowest BCUT2D eigenvalue weighted by Gasteiger charge is -2.38. The summed E-state index contributed by atoms with van der Waals surface area (Å²) in [6.45, 7) is 3.54. The molecule has 1 aromatic carbocycles. The Morgan fingerprint density at radius 1 is 1.00 bits per heavy atom. The normalized spacial score (nSPS) is 20.3. The minimum absolute atomic E-state index is 0. The summed E-state index contributed by atoms with van der Waals surface area (Å²) in [6.07, 6.45) is -1.45. The molecule has 1 atom stereocenters. The van der Waals surface area contributed by atoms with Crippen LogP contribution < -0.4 is 0 Å². The number of likely N-dealkylation sites (N-methyl/N-ethyl adjacent to an activating group) is 1. The SMILES string of the molecule is CC1=C(C(=O)O)C(c2ccc(C(F)(F)F)cc2)C(C(=O)O)=C(CN2CCCCC2)N1C.Cl. The lowest BCUT2D eigenvalue weighted by molar-refractivity contribution is -0.138. The second-order valence-electron chi connectivity index (χ2n) is 7.92. The fraction of sp³-hybridized carbons (Fsp3) is 0.455. The molecule has 2 heterocycles. The third-order valence-corrected chi connectivity index (χ3v) is 6.04. The molecule has 2 N–H and O–H groups in total. The Labute approximate surface area is 190 Å². The molecule has 0 aromatic heterocycles. The van der Waals surface area contributed by atoms with Gasteiger partial charge in [-0.05, 0) is 50.6 Å². The average Bonchev–Trinajstić information content (AvgIpc) is 2.70. The number of rotatable bonds is 5. The van der Waals surface area contributed by atoms with Gasteiger partial charge in [-0.3, -0.25) is 4.90 Å². The van der Waals surface area contributed by atoms with Gasteiger partial charge < -0.3 is 15.1 Å². The number of allylic oxidation sites excluding steroid dienone is 1. The molecule has 0 saturated carbocycles. The van der Waals surface area contributed by atoms with Crippen LogP contribution in [0.15, 0.2) is 46.8 Å². The molecule has 0 aliphatic carbocycles. The number of piperidine rings is 1. The van der Waals surface area contributed by atoms with Crippen LogP contribution in [0.3, 0.4) is 0 Å². The lowest BCUT2D eigenvalue weighted by atomic mass is 9.79. The van der Waals surface area contributed by atoms with Crippen molar-refractivity contribution in [2.24, 2.45) is 0 Å². The van der Waals surface area contributed by atoms with Crippen LogP contribution in [0.2, 0.25) is 0 Å². The fourth-order valence-electron chi connectivity index (χ4n) is 4.33. The molecule has 0 radical (unpaired) electrons. The summed E-state index contributed by atoms with van der Waals surface area (Å²) in [4.78, 5) is 28.1. The molecule has 2 aliphatic heterocycles. The third-order valence-electron chi connectivity index (χ3n) is 6.04. The summed E-state index contributed by atoms with van der Waals surface area (Å²) in [7, 11) is 1.63.